The summed E-state index contributed by atoms with van der Waals surface area (Å²) in [4.78, 5) is 4.16. The maximum atomic E-state index is 4.16. The van der Waals surface area contributed by atoms with Crippen molar-refractivity contribution in [2.75, 3.05) is 0 Å². The van der Waals surface area contributed by atoms with Gasteiger partial charge in [-0.05, 0) is 46.8 Å². The number of rotatable bonds is 0. The Morgan fingerprint density at radius 3 is 2.83 bits per heavy atom. The first-order valence-electron chi connectivity index (χ1n) is 3.98. The monoisotopic (exact) mass is 221 g/mol. The van der Waals surface area contributed by atoms with Crippen LogP contribution < -0.4 is 0 Å². The van der Waals surface area contributed by atoms with Crippen LogP contribution in [0, 0.1) is 17.8 Å². The number of nitrogens with zero attached hydrogens (tertiary/aromatic N) is 1. The molecular formula is C10H8BrN. The van der Waals surface area contributed by atoms with E-state index in [1.54, 1.807) is 6.20 Å². The van der Waals surface area contributed by atoms with E-state index in [1.807, 2.05) is 12.1 Å². The summed E-state index contributed by atoms with van der Waals surface area (Å²) >= 11 is 3.33. The van der Waals surface area contributed by atoms with Crippen molar-refractivity contribution in [2.24, 2.45) is 5.92 Å². The zero-order chi connectivity index (χ0) is 8.39. The van der Waals surface area contributed by atoms with Gasteiger partial charge in [0.1, 0.15) is 5.69 Å². The third kappa shape index (κ3) is 2.09. The molecule has 0 atom stereocenters. The van der Waals surface area contributed by atoms with E-state index in [2.05, 4.69) is 32.8 Å². The summed E-state index contributed by atoms with van der Waals surface area (Å²) in [5.74, 6) is 6.86. The lowest BCUT2D eigenvalue weighted by molar-refractivity contribution is 1.17. The van der Waals surface area contributed by atoms with Crippen LogP contribution in [0.15, 0.2) is 22.8 Å². The number of pyridine rings is 1. The highest BCUT2D eigenvalue weighted by atomic mass is 79.9. The smallest absolute Gasteiger partial charge is 0.113 e. The van der Waals surface area contributed by atoms with Crippen LogP contribution in [0.2, 0.25) is 0 Å². The van der Waals surface area contributed by atoms with Crippen molar-refractivity contribution in [3.8, 4) is 11.8 Å². The molecule has 1 saturated carbocycles. The topological polar surface area (TPSA) is 12.9 Å². The SMILES string of the molecule is Brc1ccc(C#CC2CC2)nc1. The summed E-state index contributed by atoms with van der Waals surface area (Å²) in [6.07, 6.45) is 4.31. The van der Waals surface area contributed by atoms with Gasteiger partial charge in [0.2, 0.25) is 0 Å². The molecule has 0 saturated heterocycles. The van der Waals surface area contributed by atoms with E-state index < -0.39 is 0 Å². The zero-order valence-electron chi connectivity index (χ0n) is 6.55. The average Bonchev–Trinajstić information content (AvgIpc) is 2.87. The first kappa shape index (κ1) is 7.82. The molecule has 0 radical (unpaired) electrons. The third-order valence-corrected chi connectivity index (χ3v) is 2.18. The van der Waals surface area contributed by atoms with E-state index in [4.69, 9.17) is 0 Å². The Morgan fingerprint density at radius 2 is 2.25 bits per heavy atom. The molecule has 1 aliphatic carbocycles. The first-order chi connectivity index (χ1) is 5.84. The van der Waals surface area contributed by atoms with Crippen LogP contribution in [0.25, 0.3) is 0 Å². The highest BCUT2D eigenvalue weighted by molar-refractivity contribution is 9.10. The summed E-state index contributed by atoms with van der Waals surface area (Å²) in [7, 11) is 0. The number of aromatic nitrogens is 1. The van der Waals surface area contributed by atoms with Crippen LogP contribution in [-0.4, -0.2) is 4.98 Å². The molecule has 12 heavy (non-hydrogen) atoms. The van der Waals surface area contributed by atoms with Crippen molar-refractivity contribution in [1.82, 2.24) is 4.98 Å². The van der Waals surface area contributed by atoms with Crippen LogP contribution in [0.3, 0.4) is 0 Å². The van der Waals surface area contributed by atoms with Crippen LogP contribution in [0.4, 0.5) is 0 Å². The Kier molecular flexibility index (Phi) is 2.14. The maximum Gasteiger partial charge on any atom is 0.113 e. The highest BCUT2D eigenvalue weighted by Crippen LogP contribution is 2.27. The van der Waals surface area contributed by atoms with Gasteiger partial charge in [-0.15, -0.1) is 0 Å². The molecule has 0 aliphatic heterocycles. The van der Waals surface area contributed by atoms with Crippen molar-refractivity contribution in [3.05, 3.63) is 28.5 Å². The van der Waals surface area contributed by atoms with Gasteiger partial charge in [-0.25, -0.2) is 4.98 Å². The Bertz CT molecular complexity index is 327. The Hall–Kier alpha value is -0.810. The molecule has 0 spiro atoms. The molecule has 1 aromatic heterocycles. The van der Waals surface area contributed by atoms with Gasteiger partial charge in [-0.2, -0.15) is 0 Å². The fourth-order valence-corrected chi connectivity index (χ4v) is 1.09. The molecule has 0 unspecified atom stereocenters. The standard InChI is InChI=1S/C10H8BrN/c11-9-4-6-10(12-7-9)5-3-8-1-2-8/h4,6-8H,1-2H2. The molecule has 0 aromatic carbocycles. The van der Waals surface area contributed by atoms with E-state index in [0.717, 1.165) is 10.2 Å². The summed E-state index contributed by atoms with van der Waals surface area (Å²) < 4.78 is 1.000. The predicted octanol–water partition coefficient (Wildman–Crippen LogP) is 2.61. The molecule has 1 aromatic rings. The van der Waals surface area contributed by atoms with E-state index in [-0.39, 0.29) is 0 Å². The summed E-state index contributed by atoms with van der Waals surface area (Å²) in [6, 6.07) is 3.89. The summed E-state index contributed by atoms with van der Waals surface area (Å²) in [5.41, 5.74) is 0.866. The molecule has 0 amide bonds. The molecular weight excluding hydrogens is 214 g/mol. The molecule has 1 fully saturated rings. The molecule has 0 N–H and O–H groups in total. The molecule has 1 heterocycles. The molecule has 0 bridgehead atoms. The minimum Gasteiger partial charge on any atom is -0.247 e. The second-order valence-electron chi connectivity index (χ2n) is 2.91. The molecule has 1 nitrogen and oxygen atoms in total. The highest BCUT2D eigenvalue weighted by Gasteiger charge is 2.17. The predicted molar refractivity (Wildman–Crippen MR) is 51.5 cm³/mol. The lowest BCUT2D eigenvalue weighted by Crippen LogP contribution is -1.80. The van der Waals surface area contributed by atoms with E-state index in [1.165, 1.54) is 12.8 Å². The Morgan fingerprint density at radius 1 is 1.42 bits per heavy atom. The van der Waals surface area contributed by atoms with Gasteiger partial charge < -0.3 is 0 Å². The van der Waals surface area contributed by atoms with Gasteiger partial charge in [0.25, 0.3) is 0 Å². The first-order valence-corrected chi connectivity index (χ1v) is 4.77. The number of hydrogen-bond acceptors (Lipinski definition) is 1. The van der Waals surface area contributed by atoms with Gasteiger partial charge in [0.15, 0.2) is 0 Å². The summed E-state index contributed by atoms with van der Waals surface area (Å²) in [6.45, 7) is 0. The minimum absolute atomic E-state index is 0.649. The average molecular weight is 222 g/mol. The van der Waals surface area contributed by atoms with Crippen molar-refractivity contribution in [2.45, 2.75) is 12.8 Å². The lowest BCUT2D eigenvalue weighted by atomic mass is 10.3. The van der Waals surface area contributed by atoms with E-state index in [9.17, 15) is 0 Å². The second kappa shape index (κ2) is 3.28. The third-order valence-electron chi connectivity index (χ3n) is 1.71. The number of hydrogen-bond donors (Lipinski definition) is 0. The molecule has 1 aliphatic rings. The molecule has 2 heteroatoms. The molecule has 2 rings (SSSR count). The van der Waals surface area contributed by atoms with Crippen LogP contribution in [0.1, 0.15) is 18.5 Å². The second-order valence-corrected chi connectivity index (χ2v) is 3.82. The van der Waals surface area contributed by atoms with Gasteiger partial charge in [0.05, 0.1) is 0 Å². The summed E-state index contributed by atoms with van der Waals surface area (Å²) in [5, 5.41) is 0. The fraction of sp³-hybridized carbons (Fsp3) is 0.300. The van der Waals surface area contributed by atoms with E-state index in [0.29, 0.717) is 5.92 Å². The number of halogens is 1. The Balaban J connectivity index is 2.13. The van der Waals surface area contributed by atoms with Crippen LogP contribution >= 0.6 is 15.9 Å². The van der Waals surface area contributed by atoms with Crippen LogP contribution in [0.5, 0.6) is 0 Å². The lowest BCUT2D eigenvalue weighted by Gasteiger charge is -1.88. The van der Waals surface area contributed by atoms with Gasteiger partial charge in [-0.3, -0.25) is 0 Å². The maximum absolute atomic E-state index is 4.16. The minimum atomic E-state index is 0.649. The normalized spacial score (nSPS) is 15.1. The quantitative estimate of drug-likeness (QED) is 0.615. The van der Waals surface area contributed by atoms with Crippen LogP contribution in [-0.2, 0) is 0 Å². The Labute approximate surface area is 80.3 Å². The van der Waals surface area contributed by atoms with Crippen molar-refractivity contribution in [3.63, 3.8) is 0 Å². The molecule has 60 valence electrons. The van der Waals surface area contributed by atoms with Crippen molar-refractivity contribution >= 4 is 15.9 Å². The fourth-order valence-electron chi connectivity index (χ4n) is 0.853. The van der Waals surface area contributed by atoms with E-state index >= 15 is 0 Å². The van der Waals surface area contributed by atoms with Gasteiger partial charge >= 0.3 is 0 Å². The van der Waals surface area contributed by atoms with Crippen molar-refractivity contribution in [1.29, 1.82) is 0 Å². The van der Waals surface area contributed by atoms with Gasteiger partial charge in [0, 0.05) is 16.6 Å². The van der Waals surface area contributed by atoms with Crippen molar-refractivity contribution < 1.29 is 0 Å². The van der Waals surface area contributed by atoms with Gasteiger partial charge in [-0.1, -0.05) is 5.92 Å². The zero-order valence-corrected chi connectivity index (χ0v) is 8.13. The largest absolute Gasteiger partial charge is 0.247 e.